The second-order valence-electron chi connectivity index (χ2n) is 3.60. The second kappa shape index (κ2) is 10.0. The van der Waals surface area contributed by atoms with Gasteiger partial charge in [-0.15, -0.1) is 0 Å². The van der Waals surface area contributed by atoms with Crippen LogP contribution in [0.15, 0.2) is 0 Å². The van der Waals surface area contributed by atoms with Crippen LogP contribution in [0.5, 0.6) is 0 Å². The van der Waals surface area contributed by atoms with Crippen molar-refractivity contribution in [1.82, 2.24) is 4.72 Å². The third-order valence-electron chi connectivity index (χ3n) is 1.84. The summed E-state index contributed by atoms with van der Waals surface area (Å²) >= 11 is 0. The predicted molar refractivity (Wildman–Crippen MR) is 64.0 cm³/mol. The predicted octanol–water partition coefficient (Wildman–Crippen LogP) is 0.759. The summed E-state index contributed by atoms with van der Waals surface area (Å²) in [4.78, 5) is 0. The average molecular weight is 253 g/mol. The first-order valence-electron chi connectivity index (χ1n) is 5.66. The van der Waals surface area contributed by atoms with Crippen molar-refractivity contribution in [2.75, 3.05) is 39.2 Å². The Labute approximate surface area is 98.6 Å². The standard InChI is InChI=1S/C10H23NO4S/c1-3-4-7-14-9-10-15-8-5-6-11-16(2,12)13/h11H,3-10H2,1-2H3. The second-order valence-corrected chi connectivity index (χ2v) is 5.43. The molecule has 0 aromatic carbocycles. The number of nitrogens with one attached hydrogen (secondary N) is 1. The summed E-state index contributed by atoms with van der Waals surface area (Å²) in [6.45, 7) is 5.07. The Morgan fingerprint density at radius 3 is 2.06 bits per heavy atom. The van der Waals surface area contributed by atoms with Gasteiger partial charge in [-0.05, 0) is 12.8 Å². The molecule has 0 spiro atoms. The van der Waals surface area contributed by atoms with Gasteiger partial charge in [-0.1, -0.05) is 13.3 Å². The Morgan fingerprint density at radius 2 is 1.56 bits per heavy atom. The summed E-state index contributed by atoms with van der Waals surface area (Å²) in [5.41, 5.74) is 0. The maximum absolute atomic E-state index is 10.7. The van der Waals surface area contributed by atoms with Gasteiger partial charge in [0.2, 0.25) is 10.0 Å². The first-order valence-corrected chi connectivity index (χ1v) is 7.55. The SMILES string of the molecule is CCCCOCCOCCCNS(C)(=O)=O. The first-order chi connectivity index (χ1) is 7.56. The van der Waals surface area contributed by atoms with Gasteiger partial charge < -0.3 is 9.47 Å². The molecule has 0 saturated carbocycles. The Kier molecular flexibility index (Phi) is 9.91. The van der Waals surface area contributed by atoms with Crippen molar-refractivity contribution >= 4 is 10.0 Å². The lowest BCUT2D eigenvalue weighted by atomic mass is 10.4. The number of hydrogen-bond acceptors (Lipinski definition) is 4. The van der Waals surface area contributed by atoms with Crippen molar-refractivity contribution in [3.05, 3.63) is 0 Å². The van der Waals surface area contributed by atoms with E-state index in [-0.39, 0.29) is 0 Å². The van der Waals surface area contributed by atoms with Gasteiger partial charge in [0, 0.05) is 19.8 Å². The Balaban J connectivity index is 3.05. The van der Waals surface area contributed by atoms with Gasteiger partial charge in [-0.3, -0.25) is 0 Å². The van der Waals surface area contributed by atoms with Crippen molar-refractivity contribution in [3.63, 3.8) is 0 Å². The summed E-state index contributed by atoms with van der Waals surface area (Å²) in [5, 5.41) is 0. The van der Waals surface area contributed by atoms with Gasteiger partial charge in [-0.2, -0.15) is 0 Å². The van der Waals surface area contributed by atoms with Gasteiger partial charge in [0.15, 0.2) is 0 Å². The minimum Gasteiger partial charge on any atom is -0.379 e. The molecule has 0 aliphatic rings. The summed E-state index contributed by atoms with van der Waals surface area (Å²) < 4.78 is 34.4. The third kappa shape index (κ3) is 13.8. The number of rotatable bonds is 11. The topological polar surface area (TPSA) is 64.6 Å². The van der Waals surface area contributed by atoms with Gasteiger partial charge >= 0.3 is 0 Å². The van der Waals surface area contributed by atoms with Crippen LogP contribution in [0.3, 0.4) is 0 Å². The first kappa shape index (κ1) is 15.8. The van der Waals surface area contributed by atoms with Crippen molar-refractivity contribution < 1.29 is 17.9 Å². The number of unbranched alkanes of at least 4 members (excludes halogenated alkanes) is 1. The highest BCUT2D eigenvalue weighted by atomic mass is 32.2. The zero-order valence-electron chi connectivity index (χ0n) is 10.2. The van der Waals surface area contributed by atoms with E-state index in [0.717, 1.165) is 25.7 Å². The van der Waals surface area contributed by atoms with Crippen molar-refractivity contribution in [3.8, 4) is 0 Å². The van der Waals surface area contributed by atoms with E-state index in [1.807, 2.05) is 0 Å². The molecule has 1 N–H and O–H groups in total. The zero-order chi connectivity index (χ0) is 12.3. The van der Waals surface area contributed by atoms with Crippen LogP contribution in [0.2, 0.25) is 0 Å². The van der Waals surface area contributed by atoms with Crippen LogP contribution in [0.25, 0.3) is 0 Å². The Bertz CT molecular complexity index is 241. The number of hydrogen-bond donors (Lipinski definition) is 1. The molecule has 0 fully saturated rings. The molecule has 0 bridgehead atoms. The fraction of sp³-hybridized carbons (Fsp3) is 1.00. The van der Waals surface area contributed by atoms with Gasteiger partial charge in [-0.25, -0.2) is 13.1 Å². The van der Waals surface area contributed by atoms with Crippen LogP contribution in [-0.2, 0) is 19.5 Å². The number of ether oxygens (including phenoxy) is 2. The Morgan fingerprint density at radius 1 is 1.00 bits per heavy atom. The molecule has 0 aromatic heterocycles. The quantitative estimate of drug-likeness (QED) is 0.552. The molecule has 0 heterocycles. The van der Waals surface area contributed by atoms with E-state index in [9.17, 15) is 8.42 Å². The lowest BCUT2D eigenvalue weighted by Crippen LogP contribution is -2.24. The molecular formula is C10H23NO4S. The highest BCUT2D eigenvalue weighted by Gasteiger charge is 1.98. The molecule has 5 nitrogen and oxygen atoms in total. The van der Waals surface area contributed by atoms with Crippen LogP contribution >= 0.6 is 0 Å². The summed E-state index contributed by atoms with van der Waals surface area (Å²) in [7, 11) is -3.06. The van der Waals surface area contributed by atoms with Crippen molar-refractivity contribution in [2.45, 2.75) is 26.2 Å². The normalized spacial score (nSPS) is 11.9. The molecule has 0 atom stereocenters. The molecule has 0 rings (SSSR count). The van der Waals surface area contributed by atoms with Gasteiger partial charge in [0.1, 0.15) is 0 Å². The fourth-order valence-electron chi connectivity index (χ4n) is 1.00. The average Bonchev–Trinajstić information content (AvgIpc) is 2.19. The van der Waals surface area contributed by atoms with E-state index < -0.39 is 10.0 Å². The fourth-order valence-corrected chi connectivity index (χ4v) is 1.52. The van der Waals surface area contributed by atoms with Crippen molar-refractivity contribution in [1.29, 1.82) is 0 Å². The molecule has 98 valence electrons. The summed E-state index contributed by atoms with van der Waals surface area (Å²) in [6, 6.07) is 0. The van der Waals surface area contributed by atoms with E-state index in [4.69, 9.17) is 9.47 Å². The van der Waals surface area contributed by atoms with Crippen molar-refractivity contribution in [2.24, 2.45) is 0 Å². The zero-order valence-corrected chi connectivity index (χ0v) is 11.0. The highest BCUT2D eigenvalue weighted by molar-refractivity contribution is 7.88. The molecule has 0 aliphatic heterocycles. The van der Waals surface area contributed by atoms with Crippen LogP contribution in [0.4, 0.5) is 0 Å². The lowest BCUT2D eigenvalue weighted by Gasteiger charge is -2.05. The van der Waals surface area contributed by atoms with Crippen LogP contribution in [0, 0.1) is 0 Å². The van der Waals surface area contributed by atoms with Crippen LogP contribution < -0.4 is 4.72 Å². The third-order valence-corrected chi connectivity index (χ3v) is 2.57. The largest absolute Gasteiger partial charge is 0.379 e. The van der Waals surface area contributed by atoms with Gasteiger partial charge in [0.05, 0.1) is 19.5 Å². The van der Waals surface area contributed by atoms with E-state index >= 15 is 0 Å². The molecular weight excluding hydrogens is 230 g/mol. The molecule has 16 heavy (non-hydrogen) atoms. The maximum atomic E-state index is 10.7. The highest BCUT2D eigenvalue weighted by Crippen LogP contribution is 1.88. The Hall–Kier alpha value is -0.170. The summed E-state index contributed by atoms with van der Waals surface area (Å²) in [6.07, 6.45) is 4.05. The van der Waals surface area contributed by atoms with E-state index in [1.54, 1.807) is 0 Å². The molecule has 0 radical (unpaired) electrons. The van der Waals surface area contributed by atoms with Gasteiger partial charge in [0.25, 0.3) is 0 Å². The summed E-state index contributed by atoms with van der Waals surface area (Å²) in [5.74, 6) is 0. The van der Waals surface area contributed by atoms with E-state index in [0.29, 0.717) is 32.8 Å². The molecule has 0 unspecified atom stereocenters. The number of sulfonamides is 1. The van der Waals surface area contributed by atoms with E-state index in [1.165, 1.54) is 0 Å². The molecule has 0 amide bonds. The molecule has 0 aliphatic carbocycles. The molecule has 0 saturated heterocycles. The van der Waals surface area contributed by atoms with Crippen LogP contribution in [-0.4, -0.2) is 47.6 Å². The van der Waals surface area contributed by atoms with Crippen LogP contribution in [0.1, 0.15) is 26.2 Å². The lowest BCUT2D eigenvalue weighted by molar-refractivity contribution is 0.0462. The van der Waals surface area contributed by atoms with E-state index in [2.05, 4.69) is 11.6 Å². The maximum Gasteiger partial charge on any atom is 0.208 e. The minimum atomic E-state index is -3.06. The minimum absolute atomic E-state index is 0.426. The monoisotopic (exact) mass is 253 g/mol. The molecule has 6 heteroatoms. The smallest absolute Gasteiger partial charge is 0.208 e. The molecule has 0 aromatic rings.